The molecule has 1 aliphatic carbocycles. The molecule has 1 aromatic rings. The van der Waals surface area contributed by atoms with Crippen molar-refractivity contribution in [3.05, 3.63) is 35.4 Å². The molecule has 3 rings (SSSR count). The fourth-order valence-corrected chi connectivity index (χ4v) is 5.72. The first-order valence-electron chi connectivity index (χ1n) is 9.92. The first-order valence-corrected chi connectivity index (χ1v) is 11.7. The summed E-state index contributed by atoms with van der Waals surface area (Å²) in [6.45, 7) is 7.53. The zero-order chi connectivity index (χ0) is 19.7. The molecule has 0 aromatic heterocycles. The molecule has 1 atom stereocenters. The second-order valence-electron chi connectivity index (χ2n) is 9.13. The predicted molar refractivity (Wildman–Crippen MR) is 112 cm³/mol. The number of benzene rings is 1. The predicted octanol–water partition coefficient (Wildman–Crippen LogP) is 2.76. The van der Waals surface area contributed by atoms with Crippen molar-refractivity contribution in [1.29, 1.82) is 0 Å². The van der Waals surface area contributed by atoms with E-state index in [4.69, 9.17) is 0 Å². The van der Waals surface area contributed by atoms with Crippen LogP contribution >= 0.6 is 0 Å². The molecule has 0 spiro atoms. The molecule has 2 N–H and O–H groups in total. The van der Waals surface area contributed by atoms with E-state index in [9.17, 15) is 8.42 Å². The summed E-state index contributed by atoms with van der Waals surface area (Å²) in [5.41, 5.74) is 3.05. The van der Waals surface area contributed by atoms with E-state index in [0.717, 1.165) is 6.54 Å². The molecule has 6 heteroatoms. The molecule has 1 saturated heterocycles. The Hall–Kier alpha value is -1.56. The van der Waals surface area contributed by atoms with Crippen LogP contribution in [0.3, 0.4) is 0 Å². The topological polar surface area (TPSA) is 70.6 Å². The second kappa shape index (κ2) is 7.46. The van der Waals surface area contributed by atoms with E-state index < -0.39 is 9.84 Å². The molecule has 1 heterocycles. The Morgan fingerprint density at radius 1 is 1.22 bits per heavy atom. The molecule has 5 nitrogen and oxygen atoms in total. The maximum Gasteiger partial charge on any atom is 0.191 e. The van der Waals surface area contributed by atoms with Crippen molar-refractivity contribution in [2.45, 2.75) is 63.3 Å². The highest BCUT2D eigenvalue weighted by molar-refractivity contribution is 7.91. The molecule has 2 fully saturated rings. The number of aliphatic imine (C=N–C) groups is 1. The lowest BCUT2D eigenvalue weighted by molar-refractivity contribution is 0.243. The molecule has 150 valence electrons. The Kier molecular flexibility index (Phi) is 5.57. The van der Waals surface area contributed by atoms with Crippen LogP contribution in [0.2, 0.25) is 0 Å². The molecule has 1 aromatic carbocycles. The SMILES string of the molecule is CN=C(NCC1(c2ccc(C(C)(C)C)cc2)CCC1)NC1CCS(=O)(=O)C1. The molecule has 1 unspecified atom stereocenters. The minimum absolute atomic E-state index is 0.0374. The van der Waals surface area contributed by atoms with Crippen LogP contribution in [0.5, 0.6) is 0 Å². The van der Waals surface area contributed by atoms with E-state index in [0.29, 0.717) is 12.4 Å². The summed E-state index contributed by atoms with van der Waals surface area (Å²) in [6.07, 6.45) is 4.24. The molecule has 2 aliphatic rings. The van der Waals surface area contributed by atoms with Gasteiger partial charge in [-0.15, -0.1) is 0 Å². The highest BCUT2D eigenvalue weighted by Crippen LogP contribution is 2.43. The fourth-order valence-electron chi connectivity index (χ4n) is 4.04. The number of hydrogen-bond acceptors (Lipinski definition) is 3. The third kappa shape index (κ3) is 4.65. The smallest absolute Gasteiger partial charge is 0.191 e. The quantitative estimate of drug-likeness (QED) is 0.612. The highest BCUT2D eigenvalue weighted by atomic mass is 32.2. The van der Waals surface area contributed by atoms with Crippen molar-refractivity contribution < 1.29 is 8.42 Å². The first kappa shape index (κ1) is 20.2. The monoisotopic (exact) mass is 391 g/mol. The van der Waals surface area contributed by atoms with Gasteiger partial charge in [0, 0.05) is 25.0 Å². The van der Waals surface area contributed by atoms with Crippen LogP contribution < -0.4 is 10.6 Å². The second-order valence-corrected chi connectivity index (χ2v) is 11.4. The molecule has 1 saturated carbocycles. The van der Waals surface area contributed by atoms with E-state index in [1.807, 2.05) is 0 Å². The molecule has 0 radical (unpaired) electrons. The normalized spacial score (nSPS) is 24.3. The van der Waals surface area contributed by atoms with Crippen LogP contribution in [0.4, 0.5) is 0 Å². The van der Waals surface area contributed by atoms with Gasteiger partial charge in [0.1, 0.15) is 0 Å². The Balaban J connectivity index is 1.64. The van der Waals surface area contributed by atoms with Crippen molar-refractivity contribution >= 4 is 15.8 Å². The lowest BCUT2D eigenvalue weighted by atomic mass is 9.64. The summed E-state index contributed by atoms with van der Waals surface area (Å²) in [7, 11) is -1.15. The lowest BCUT2D eigenvalue weighted by Gasteiger charge is -2.43. The molecule has 1 aliphatic heterocycles. The van der Waals surface area contributed by atoms with Gasteiger partial charge in [-0.3, -0.25) is 4.99 Å². The minimum Gasteiger partial charge on any atom is -0.356 e. The van der Waals surface area contributed by atoms with Crippen LogP contribution in [0.25, 0.3) is 0 Å². The van der Waals surface area contributed by atoms with Gasteiger partial charge < -0.3 is 10.6 Å². The summed E-state index contributed by atoms with van der Waals surface area (Å²) in [5.74, 6) is 1.17. The summed E-state index contributed by atoms with van der Waals surface area (Å²) in [6, 6.07) is 9.03. The molecule has 27 heavy (non-hydrogen) atoms. The van der Waals surface area contributed by atoms with Gasteiger partial charge in [-0.1, -0.05) is 51.5 Å². The van der Waals surface area contributed by atoms with Gasteiger partial charge in [0.25, 0.3) is 0 Å². The Morgan fingerprint density at radius 2 is 1.89 bits per heavy atom. The maximum atomic E-state index is 11.7. The van der Waals surface area contributed by atoms with Crippen LogP contribution in [0.15, 0.2) is 29.3 Å². The van der Waals surface area contributed by atoms with Gasteiger partial charge in [0.05, 0.1) is 11.5 Å². The molecular formula is C21H33N3O2S. The Bertz CT molecular complexity index is 788. The van der Waals surface area contributed by atoms with E-state index in [2.05, 4.69) is 60.7 Å². The Labute approximate surface area is 164 Å². The third-order valence-corrected chi connectivity index (χ3v) is 7.83. The summed E-state index contributed by atoms with van der Waals surface area (Å²) in [5, 5.41) is 6.74. The zero-order valence-electron chi connectivity index (χ0n) is 17.0. The molecule has 0 bridgehead atoms. The first-order chi connectivity index (χ1) is 12.6. The lowest BCUT2D eigenvalue weighted by Crippen LogP contribution is -2.51. The fraction of sp³-hybridized carbons (Fsp3) is 0.667. The number of sulfone groups is 1. The number of guanidine groups is 1. The summed E-state index contributed by atoms with van der Waals surface area (Å²) >= 11 is 0. The van der Waals surface area contributed by atoms with Gasteiger partial charge in [0.15, 0.2) is 15.8 Å². The van der Waals surface area contributed by atoms with Crippen LogP contribution in [-0.2, 0) is 20.7 Å². The number of rotatable bonds is 4. The number of nitrogens with one attached hydrogen (secondary N) is 2. The van der Waals surface area contributed by atoms with Crippen LogP contribution in [0, 0.1) is 0 Å². The van der Waals surface area contributed by atoms with Crippen LogP contribution in [-0.4, -0.2) is 45.5 Å². The van der Waals surface area contributed by atoms with Crippen molar-refractivity contribution in [1.82, 2.24) is 10.6 Å². The average Bonchev–Trinajstić information content (AvgIpc) is 2.91. The van der Waals surface area contributed by atoms with Gasteiger partial charge >= 0.3 is 0 Å². The summed E-state index contributed by atoms with van der Waals surface area (Å²) < 4.78 is 23.3. The third-order valence-electron chi connectivity index (χ3n) is 6.07. The highest BCUT2D eigenvalue weighted by Gasteiger charge is 2.39. The van der Waals surface area contributed by atoms with Crippen molar-refractivity contribution in [2.75, 3.05) is 25.1 Å². The maximum absolute atomic E-state index is 11.7. The van der Waals surface area contributed by atoms with Gasteiger partial charge in [-0.2, -0.15) is 0 Å². The van der Waals surface area contributed by atoms with Crippen LogP contribution in [0.1, 0.15) is 57.6 Å². The minimum atomic E-state index is -2.89. The largest absolute Gasteiger partial charge is 0.356 e. The van der Waals surface area contributed by atoms with Gasteiger partial charge in [-0.05, 0) is 35.8 Å². The molecular weight excluding hydrogens is 358 g/mol. The Morgan fingerprint density at radius 3 is 2.33 bits per heavy atom. The van der Waals surface area contributed by atoms with Gasteiger partial charge in [0.2, 0.25) is 0 Å². The van der Waals surface area contributed by atoms with E-state index >= 15 is 0 Å². The van der Waals surface area contributed by atoms with E-state index in [-0.39, 0.29) is 28.4 Å². The van der Waals surface area contributed by atoms with Crippen molar-refractivity contribution in [3.63, 3.8) is 0 Å². The molecule has 0 amide bonds. The van der Waals surface area contributed by atoms with Crippen molar-refractivity contribution in [2.24, 2.45) is 4.99 Å². The summed E-state index contributed by atoms with van der Waals surface area (Å²) in [4.78, 5) is 4.30. The average molecular weight is 392 g/mol. The van der Waals surface area contributed by atoms with Crippen molar-refractivity contribution in [3.8, 4) is 0 Å². The van der Waals surface area contributed by atoms with E-state index in [1.54, 1.807) is 7.05 Å². The standard InChI is InChI=1S/C21H33N3O2S/c1-20(2,3)16-6-8-17(9-7-16)21(11-5-12-21)15-23-19(22-4)24-18-10-13-27(25,26)14-18/h6-9,18H,5,10-15H2,1-4H3,(H2,22,23,24). The van der Waals surface area contributed by atoms with Gasteiger partial charge in [-0.25, -0.2) is 8.42 Å². The number of nitrogens with zero attached hydrogens (tertiary/aromatic N) is 1. The van der Waals surface area contributed by atoms with E-state index in [1.165, 1.54) is 30.4 Å². The number of hydrogen-bond donors (Lipinski definition) is 2. The zero-order valence-corrected chi connectivity index (χ0v) is 17.8.